The molecule has 1 aromatic heterocycles. The number of likely N-dealkylation sites (N-methyl/N-ethyl adjacent to an activating group) is 2. The third kappa shape index (κ3) is 2.86. The van der Waals surface area contributed by atoms with Gasteiger partial charge in [-0.05, 0) is 25.5 Å². The summed E-state index contributed by atoms with van der Waals surface area (Å²) in [5.41, 5.74) is 1.54. The average molecular weight is 360 g/mol. The number of nitrogens with zero attached hydrogens (tertiary/aromatic N) is 3. The van der Waals surface area contributed by atoms with E-state index in [1.807, 2.05) is 6.07 Å². The first-order valence-electron chi connectivity index (χ1n) is 9.52. The topological polar surface area (TPSA) is 45.5 Å². The number of aliphatic hydroxyl groups is 1. The van der Waals surface area contributed by atoms with Crippen LogP contribution in [0.3, 0.4) is 0 Å². The van der Waals surface area contributed by atoms with E-state index in [1.54, 1.807) is 6.20 Å². The number of hydrogen-bond donors (Lipinski definition) is 1. The maximum Gasteiger partial charge on any atom is 0.195 e. The van der Waals surface area contributed by atoms with Gasteiger partial charge in [-0.3, -0.25) is 14.2 Å². The molecule has 0 bridgehead atoms. The van der Waals surface area contributed by atoms with Gasteiger partial charge in [0.25, 0.3) is 0 Å². The van der Waals surface area contributed by atoms with Crippen LogP contribution in [-0.2, 0) is 6.61 Å². The fourth-order valence-corrected chi connectivity index (χ4v) is 4.10. The highest BCUT2D eigenvalue weighted by molar-refractivity contribution is 5.83. The Bertz CT molecular complexity index is 896. The van der Waals surface area contributed by atoms with Crippen LogP contribution in [0.5, 0.6) is 0 Å². The van der Waals surface area contributed by atoms with Gasteiger partial charge >= 0.3 is 0 Å². The molecule has 5 nitrogen and oxygen atoms in total. The zero-order valence-electron chi connectivity index (χ0n) is 15.5. The van der Waals surface area contributed by atoms with Crippen LogP contribution in [0.4, 0.5) is 10.1 Å². The van der Waals surface area contributed by atoms with E-state index >= 15 is 4.39 Å². The van der Waals surface area contributed by atoms with Crippen molar-refractivity contribution in [2.45, 2.75) is 32.4 Å². The lowest BCUT2D eigenvalue weighted by Crippen LogP contribution is -2.58. The summed E-state index contributed by atoms with van der Waals surface area (Å²) in [5, 5.41) is 9.88. The Morgan fingerprint density at radius 3 is 2.54 bits per heavy atom. The molecule has 0 amide bonds. The van der Waals surface area contributed by atoms with Gasteiger partial charge < -0.3 is 9.67 Å². The number of aliphatic hydroxyl groups excluding tert-OH is 1. The lowest BCUT2D eigenvalue weighted by atomic mass is 10.1. The molecule has 1 saturated heterocycles. The summed E-state index contributed by atoms with van der Waals surface area (Å²) < 4.78 is 17.7. The Labute approximate surface area is 152 Å². The molecule has 0 unspecified atom stereocenters. The van der Waals surface area contributed by atoms with Gasteiger partial charge in [-0.25, -0.2) is 4.39 Å². The van der Waals surface area contributed by atoms with Gasteiger partial charge in [-0.1, -0.05) is 6.92 Å². The molecule has 2 aliphatic rings. The minimum atomic E-state index is -0.320. The Hall–Kier alpha value is -1.76. The van der Waals surface area contributed by atoms with Crippen molar-refractivity contribution in [1.82, 2.24) is 14.0 Å². The zero-order valence-corrected chi connectivity index (χ0v) is 15.5. The fraction of sp³-hybridized carbons (Fsp3) is 0.550. The van der Waals surface area contributed by atoms with E-state index in [0.717, 1.165) is 51.1 Å². The first-order chi connectivity index (χ1) is 12.5. The highest BCUT2D eigenvalue weighted by atomic mass is 19.1. The molecule has 2 fully saturated rings. The molecule has 0 radical (unpaired) electrons. The first-order valence-corrected chi connectivity index (χ1v) is 9.52. The van der Waals surface area contributed by atoms with Crippen molar-refractivity contribution in [2.75, 3.05) is 39.8 Å². The van der Waals surface area contributed by atoms with Crippen LogP contribution in [0.15, 0.2) is 23.1 Å². The number of benzene rings is 1. The van der Waals surface area contributed by atoms with E-state index in [1.165, 1.54) is 6.07 Å². The number of piperazine rings is 1. The molecule has 2 aromatic rings. The van der Waals surface area contributed by atoms with Gasteiger partial charge in [0.15, 0.2) is 16.9 Å². The van der Waals surface area contributed by atoms with Crippen molar-refractivity contribution < 1.29 is 9.50 Å². The Morgan fingerprint density at radius 2 is 1.96 bits per heavy atom. The minimum Gasteiger partial charge on any atom is -0.391 e. The molecule has 1 aliphatic heterocycles. The Balaban J connectivity index is 1.86. The first kappa shape index (κ1) is 17.6. The summed E-state index contributed by atoms with van der Waals surface area (Å²) in [6, 6.07) is 3.62. The van der Waals surface area contributed by atoms with E-state index in [0.29, 0.717) is 27.2 Å². The van der Waals surface area contributed by atoms with Gasteiger partial charge in [-0.2, -0.15) is 0 Å². The third-order valence-corrected chi connectivity index (χ3v) is 6.13. The molecule has 0 atom stereocenters. The van der Waals surface area contributed by atoms with E-state index in [2.05, 4.69) is 23.4 Å². The second-order valence-corrected chi connectivity index (χ2v) is 7.88. The van der Waals surface area contributed by atoms with Gasteiger partial charge in [-0.15, -0.1) is 0 Å². The van der Waals surface area contributed by atoms with Crippen LogP contribution in [0, 0.1) is 5.82 Å². The van der Waals surface area contributed by atoms with Crippen molar-refractivity contribution in [3.63, 3.8) is 0 Å². The zero-order chi connectivity index (χ0) is 18.5. The van der Waals surface area contributed by atoms with Crippen LogP contribution in [-0.4, -0.2) is 54.3 Å². The van der Waals surface area contributed by atoms with Crippen molar-refractivity contribution >= 4 is 16.6 Å². The quantitative estimate of drug-likeness (QED) is 0.851. The third-order valence-electron chi connectivity index (χ3n) is 6.13. The predicted molar refractivity (Wildman–Crippen MR) is 102 cm³/mol. The minimum absolute atomic E-state index is 0.261. The molecule has 1 aromatic carbocycles. The van der Waals surface area contributed by atoms with E-state index in [-0.39, 0.29) is 17.9 Å². The van der Waals surface area contributed by atoms with Gasteiger partial charge in [0.1, 0.15) is 0 Å². The van der Waals surface area contributed by atoms with Crippen LogP contribution in [0.25, 0.3) is 10.9 Å². The van der Waals surface area contributed by atoms with Crippen molar-refractivity contribution in [3.05, 3.63) is 39.9 Å². The molecule has 6 heteroatoms. The van der Waals surface area contributed by atoms with E-state index < -0.39 is 0 Å². The maximum absolute atomic E-state index is 15.1. The number of aromatic nitrogens is 1. The van der Waals surface area contributed by atoms with Crippen molar-refractivity contribution in [3.8, 4) is 0 Å². The fourth-order valence-electron chi connectivity index (χ4n) is 4.10. The lowest BCUT2D eigenvalue weighted by molar-refractivity contribution is 0.159. The normalized spacial score (nSPS) is 20.6. The van der Waals surface area contributed by atoms with Gasteiger partial charge in [0, 0.05) is 42.3 Å². The highest BCUT2D eigenvalue weighted by Gasteiger charge is 2.34. The number of hydrogen-bond acceptors (Lipinski definition) is 3. The monoisotopic (exact) mass is 360 g/mol. The number of fused-ring (bicyclic) bond motifs is 1. The average Bonchev–Trinajstić information content (AvgIpc) is 3.48. The smallest absolute Gasteiger partial charge is 0.195 e. The molecule has 1 aliphatic carbocycles. The molecule has 4 rings (SSSR count). The largest absolute Gasteiger partial charge is 0.391 e. The number of rotatable bonds is 4. The molecule has 1 saturated carbocycles. The van der Waals surface area contributed by atoms with Crippen LogP contribution < -0.4 is 9.91 Å². The number of pyridine rings is 1. The van der Waals surface area contributed by atoms with Gasteiger partial charge in [0.05, 0.1) is 32.3 Å². The summed E-state index contributed by atoms with van der Waals surface area (Å²) in [6.07, 6.45) is 3.89. The molecule has 26 heavy (non-hydrogen) atoms. The van der Waals surface area contributed by atoms with Crippen LogP contribution in [0.1, 0.15) is 31.4 Å². The standard InChI is InChI=1S/C20H27FN3O2/c1-3-22-6-8-24(2,9-7-22)19-11-18-16(10-17(19)21)20(26)14(13-25)12-23(18)15-4-5-15/h10-12,15,25H,3-9,13H2,1-2H3/q+1. The summed E-state index contributed by atoms with van der Waals surface area (Å²) in [5.74, 6) is -0.320. The van der Waals surface area contributed by atoms with Crippen LogP contribution in [0.2, 0.25) is 0 Å². The van der Waals surface area contributed by atoms with E-state index in [9.17, 15) is 9.90 Å². The molecule has 1 N–H and O–H groups in total. The van der Waals surface area contributed by atoms with Crippen molar-refractivity contribution in [2.24, 2.45) is 0 Å². The predicted octanol–water partition coefficient (Wildman–Crippen LogP) is 2.24. The second-order valence-electron chi connectivity index (χ2n) is 7.88. The SMILES string of the molecule is CCN1CC[N+](C)(c2cc3c(cc2F)c(=O)c(CO)cn3C2CC2)CC1. The number of halogens is 1. The molecule has 140 valence electrons. The summed E-state index contributed by atoms with van der Waals surface area (Å²) in [7, 11) is 2.08. The van der Waals surface area contributed by atoms with E-state index in [4.69, 9.17) is 0 Å². The number of quaternary nitrogens is 1. The Morgan fingerprint density at radius 1 is 1.27 bits per heavy atom. The summed E-state index contributed by atoms with van der Waals surface area (Å²) in [6.45, 7) is 6.47. The van der Waals surface area contributed by atoms with Crippen molar-refractivity contribution in [1.29, 1.82) is 0 Å². The molecule has 2 heterocycles. The molecular formula is C20H27FN3O2+. The molecular weight excluding hydrogens is 333 g/mol. The summed E-state index contributed by atoms with van der Waals surface area (Å²) >= 11 is 0. The Kier molecular flexibility index (Phi) is 4.37. The molecule has 0 spiro atoms. The summed E-state index contributed by atoms with van der Waals surface area (Å²) in [4.78, 5) is 15.0. The van der Waals surface area contributed by atoms with Crippen LogP contribution >= 0.6 is 0 Å². The van der Waals surface area contributed by atoms with Gasteiger partial charge in [0.2, 0.25) is 0 Å². The highest BCUT2D eigenvalue weighted by Crippen LogP contribution is 2.39. The lowest BCUT2D eigenvalue weighted by Gasteiger charge is -2.41. The maximum atomic E-state index is 15.1. The second kappa shape index (κ2) is 6.44.